The summed E-state index contributed by atoms with van der Waals surface area (Å²) in [7, 11) is 0. The van der Waals surface area contributed by atoms with Crippen molar-refractivity contribution in [3.8, 4) is 0 Å². The first kappa shape index (κ1) is 24.0. The van der Waals surface area contributed by atoms with Crippen molar-refractivity contribution in [2.24, 2.45) is 0 Å². The smallest absolute Gasteiger partial charge is 0.410 e. The summed E-state index contributed by atoms with van der Waals surface area (Å²) in [5, 5.41) is 9.85. The number of rotatable bonds is 6. The van der Waals surface area contributed by atoms with Gasteiger partial charge in [-0.2, -0.15) is 0 Å². The number of hydrogen-bond acceptors (Lipinski definition) is 5. The van der Waals surface area contributed by atoms with E-state index < -0.39 is 11.6 Å². The van der Waals surface area contributed by atoms with Crippen LogP contribution in [0, 0.1) is 0 Å². The van der Waals surface area contributed by atoms with E-state index in [1.54, 1.807) is 11.0 Å². The summed E-state index contributed by atoms with van der Waals surface area (Å²) >= 11 is 0. The Labute approximate surface area is 180 Å². The molecule has 0 radical (unpaired) electrons. The molecule has 1 saturated heterocycles. The third kappa shape index (κ3) is 5.43. The van der Waals surface area contributed by atoms with Gasteiger partial charge in [0.25, 0.3) is 0 Å². The number of pyridine rings is 1. The van der Waals surface area contributed by atoms with Crippen LogP contribution in [-0.2, 0) is 4.74 Å². The van der Waals surface area contributed by atoms with Crippen molar-refractivity contribution in [2.75, 3.05) is 24.5 Å². The molecule has 7 heteroatoms. The summed E-state index contributed by atoms with van der Waals surface area (Å²) in [6.07, 6.45) is 0.415. The van der Waals surface area contributed by atoms with Gasteiger partial charge in [-0.25, -0.2) is 14.6 Å². The fourth-order valence-corrected chi connectivity index (χ4v) is 3.90. The fourth-order valence-electron chi connectivity index (χ4n) is 3.90. The molecule has 1 aliphatic heterocycles. The van der Waals surface area contributed by atoms with Crippen LogP contribution in [-0.4, -0.2) is 58.3 Å². The zero-order valence-electron chi connectivity index (χ0n) is 19.7. The second-order valence-electron chi connectivity index (χ2n) is 9.60. The molecule has 1 fully saturated rings. The number of likely N-dealkylation sites (N-methyl/N-ethyl adjacent to an activating group) is 1. The van der Waals surface area contributed by atoms with Crippen LogP contribution in [0.2, 0.25) is 0 Å². The number of aromatic nitrogens is 1. The summed E-state index contributed by atoms with van der Waals surface area (Å²) in [6.45, 7) is 17.5. The first-order chi connectivity index (χ1) is 13.9. The number of ether oxygens (including phenoxy) is 1. The third-order valence-electron chi connectivity index (χ3n) is 5.33. The molecule has 1 atom stereocenters. The monoisotopic (exact) mass is 419 g/mol. The first-order valence-corrected chi connectivity index (χ1v) is 10.9. The maximum absolute atomic E-state index is 12.6. The molecule has 0 saturated carbocycles. The summed E-state index contributed by atoms with van der Waals surface area (Å²) in [5.74, 6) is -0.0941. The molecule has 1 aliphatic rings. The molecule has 1 N–H and O–H groups in total. The second kappa shape index (κ2) is 9.23. The number of amides is 1. The molecule has 2 heterocycles. The molecule has 1 amide bonds. The van der Waals surface area contributed by atoms with Crippen LogP contribution in [0.5, 0.6) is 0 Å². The number of carbonyl (C=O) groups excluding carboxylic acids is 1. The Morgan fingerprint density at radius 3 is 2.37 bits per heavy atom. The number of aromatic carboxylic acids is 1. The summed E-state index contributed by atoms with van der Waals surface area (Å²) in [4.78, 5) is 33.2. The lowest BCUT2D eigenvalue weighted by atomic mass is 9.93. The molecular formula is C23H37N3O4. The topological polar surface area (TPSA) is 83.0 Å². The van der Waals surface area contributed by atoms with E-state index >= 15 is 0 Å². The van der Waals surface area contributed by atoms with Crippen LogP contribution in [0.1, 0.15) is 95.3 Å². The molecule has 0 spiro atoms. The lowest BCUT2D eigenvalue weighted by Crippen LogP contribution is -2.44. The van der Waals surface area contributed by atoms with Gasteiger partial charge in [0.1, 0.15) is 17.0 Å². The highest BCUT2D eigenvalue weighted by atomic mass is 16.6. The predicted octanol–water partition coefficient (Wildman–Crippen LogP) is 4.86. The molecule has 2 rings (SSSR count). The maximum atomic E-state index is 12.6. The van der Waals surface area contributed by atoms with Gasteiger partial charge < -0.3 is 19.6 Å². The van der Waals surface area contributed by atoms with Crippen LogP contribution in [0.25, 0.3) is 0 Å². The van der Waals surface area contributed by atoms with Gasteiger partial charge in [-0.3, -0.25) is 0 Å². The van der Waals surface area contributed by atoms with Crippen LogP contribution in [0.15, 0.2) is 6.07 Å². The van der Waals surface area contributed by atoms with E-state index in [0.717, 1.165) is 17.7 Å². The minimum atomic E-state index is -0.974. The van der Waals surface area contributed by atoms with Crippen LogP contribution in [0.4, 0.5) is 10.6 Å². The van der Waals surface area contributed by atoms with Crippen LogP contribution < -0.4 is 4.90 Å². The predicted molar refractivity (Wildman–Crippen MR) is 119 cm³/mol. The average molecular weight is 420 g/mol. The van der Waals surface area contributed by atoms with Gasteiger partial charge in [0.2, 0.25) is 0 Å². The average Bonchev–Trinajstić information content (AvgIpc) is 3.08. The van der Waals surface area contributed by atoms with E-state index in [4.69, 9.17) is 9.72 Å². The fraction of sp³-hybridized carbons (Fsp3) is 0.696. The molecule has 30 heavy (non-hydrogen) atoms. The van der Waals surface area contributed by atoms with Gasteiger partial charge >= 0.3 is 12.1 Å². The van der Waals surface area contributed by atoms with Crippen molar-refractivity contribution >= 4 is 17.9 Å². The Hall–Kier alpha value is -2.31. The van der Waals surface area contributed by atoms with E-state index in [1.165, 1.54) is 0 Å². The standard InChI is InChI=1S/C23H37N3O4/c1-9-26(22(29)30-23(6,7)8)16-10-11-25(13-16)20-18(21(27)28)12-17(14(2)3)19(24-20)15(4)5/h12,14-16H,9-11,13H2,1-8H3,(H,27,28)/t16-/m0/s1. The maximum Gasteiger partial charge on any atom is 0.410 e. The minimum absolute atomic E-state index is 0.0411. The van der Waals surface area contributed by atoms with Crippen molar-refractivity contribution in [3.63, 3.8) is 0 Å². The third-order valence-corrected chi connectivity index (χ3v) is 5.33. The lowest BCUT2D eigenvalue weighted by Gasteiger charge is -2.31. The van der Waals surface area contributed by atoms with Gasteiger partial charge in [-0.05, 0) is 57.6 Å². The molecule has 0 aliphatic carbocycles. The van der Waals surface area contributed by atoms with E-state index in [9.17, 15) is 14.7 Å². The van der Waals surface area contributed by atoms with Crippen molar-refractivity contribution < 1.29 is 19.4 Å². The highest BCUT2D eigenvalue weighted by molar-refractivity contribution is 5.94. The van der Waals surface area contributed by atoms with Gasteiger partial charge in [0.15, 0.2) is 0 Å². The van der Waals surface area contributed by atoms with Crippen molar-refractivity contribution in [3.05, 3.63) is 22.9 Å². The molecule has 7 nitrogen and oxygen atoms in total. The van der Waals surface area contributed by atoms with E-state index in [-0.39, 0.29) is 29.5 Å². The van der Waals surface area contributed by atoms with Crippen molar-refractivity contribution in [2.45, 2.75) is 85.3 Å². The van der Waals surface area contributed by atoms with Crippen molar-refractivity contribution in [1.29, 1.82) is 0 Å². The molecule has 0 aromatic carbocycles. The number of carboxylic acids is 1. The Bertz CT molecular complexity index is 783. The van der Waals surface area contributed by atoms with E-state index in [1.807, 2.05) is 32.6 Å². The highest BCUT2D eigenvalue weighted by Crippen LogP contribution is 2.32. The normalized spacial score (nSPS) is 17.0. The number of anilines is 1. The summed E-state index contributed by atoms with van der Waals surface area (Å²) < 4.78 is 5.56. The second-order valence-corrected chi connectivity index (χ2v) is 9.60. The Kier molecular flexibility index (Phi) is 7.37. The lowest BCUT2D eigenvalue weighted by molar-refractivity contribution is 0.0190. The summed E-state index contributed by atoms with van der Waals surface area (Å²) in [5.41, 5.74) is 1.59. The highest BCUT2D eigenvalue weighted by Gasteiger charge is 2.35. The van der Waals surface area contributed by atoms with Gasteiger partial charge in [-0.15, -0.1) is 0 Å². The number of carbonyl (C=O) groups is 2. The zero-order valence-corrected chi connectivity index (χ0v) is 19.7. The molecule has 1 aromatic rings. The Balaban J connectivity index is 2.35. The molecule has 0 unspecified atom stereocenters. The molecule has 1 aromatic heterocycles. The quantitative estimate of drug-likeness (QED) is 0.709. The van der Waals surface area contributed by atoms with E-state index in [2.05, 4.69) is 27.7 Å². The summed E-state index contributed by atoms with van der Waals surface area (Å²) in [6, 6.07) is 1.74. The Morgan fingerprint density at radius 1 is 1.27 bits per heavy atom. The molecule has 0 bridgehead atoms. The molecular weight excluding hydrogens is 382 g/mol. The van der Waals surface area contributed by atoms with Gasteiger partial charge in [0, 0.05) is 25.3 Å². The minimum Gasteiger partial charge on any atom is -0.478 e. The number of carboxylic acid groups (broad SMARTS) is 1. The van der Waals surface area contributed by atoms with Crippen LogP contribution >= 0.6 is 0 Å². The molecule has 168 valence electrons. The van der Waals surface area contributed by atoms with Gasteiger partial charge in [-0.1, -0.05) is 27.7 Å². The van der Waals surface area contributed by atoms with Crippen molar-refractivity contribution in [1.82, 2.24) is 9.88 Å². The first-order valence-electron chi connectivity index (χ1n) is 10.9. The largest absolute Gasteiger partial charge is 0.478 e. The SMILES string of the molecule is CCN(C(=O)OC(C)(C)C)[C@H]1CCN(c2nc(C(C)C)c(C(C)C)cc2C(=O)O)C1. The van der Waals surface area contributed by atoms with Gasteiger partial charge in [0.05, 0.1) is 6.04 Å². The number of hydrogen-bond donors (Lipinski definition) is 1. The number of nitrogens with zero attached hydrogens (tertiary/aromatic N) is 3. The zero-order chi connectivity index (χ0) is 22.8. The Morgan fingerprint density at radius 2 is 1.90 bits per heavy atom. The van der Waals surface area contributed by atoms with Crippen LogP contribution in [0.3, 0.4) is 0 Å². The van der Waals surface area contributed by atoms with E-state index in [0.29, 0.717) is 25.5 Å².